The van der Waals surface area contributed by atoms with Crippen LogP contribution in [0, 0.1) is 13.8 Å². The molecule has 0 spiro atoms. The molecule has 0 rings (SSSR count). The van der Waals surface area contributed by atoms with Gasteiger partial charge in [-0.2, -0.15) is 0 Å². The van der Waals surface area contributed by atoms with Crippen LogP contribution in [-0.4, -0.2) is 0 Å². The minimum atomic E-state index is 1.12. The van der Waals surface area contributed by atoms with Crippen LogP contribution in [0.3, 0.4) is 0 Å². The van der Waals surface area contributed by atoms with E-state index >= 15 is 0 Å². The van der Waals surface area contributed by atoms with Gasteiger partial charge in [0.1, 0.15) is 0 Å². The number of unbranched alkanes of at least 4 members (excludes halogenated alkanes) is 23. The van der Waals surface area contributed by atoms with E-state index in [1.165, 1.54) is 148 Å². The Morgan fingerprint density at radius 3 is 0.724 bits per heavy atom. The summed E-state index contributed by atoms with van der Waals surface area (Å²) in [4.78, 5) is 0. The zero-order valence-corrected chi connectivity index (χ0v) is 20.2. The van der Waals surface area contributed by atoms with Crippen molar-refractivity contribution in [3.63, 3.8) is 0 Å². The third kappa shape index (κ3) is 27.7. The average molecular weight is 405 g/mol. The van der Waals surface area contributed by atoms with Crippen molar-refractivity contribution in [3.05, 3.63) is 26.0 Å². The lowest BCUT2D eigenvalue weighted by Crippen LogP contribution is -1.82. The highest BCUT2D eigenvalue weighted by atomic mass is 14.0. The highest BCUT2D eigenvalue weighted by Crippen LogP contribution is 2.14. The number of rotatable bonds is 25. The molecular formula is C29H56. The van der Waals surface area contributed by atoms with Crippen molar-refractivity contribution < 1.29 is 0 Å². The molecule has 0 aliphatic carbocycles. The van der Waals surface area contributed by atoms with Crippen LogP contribution in [0.4, 0.5) is 0 Å². The number of allylic oxidation sites excluding steroid dienone is 2. The first-order valence-electron chi connectivity index (χ1n) is 13.6. The first-order valence-corrected chi connectivity index (χ1v) is 13.6. The van der Waals surface area contributed by atoms with Gasteiger partial charge < -0.3 is 0 Å². The summed E-state index contributed by atoms with van der Waals surface area (Å²) in [5.41, 5.74) is 0. The fourth-order valence-electron chi connectivity index (χ4n) is 4.12. The first kappa shape index (κ1) is 28.7. The fraction of sp³-hybridized carbons (Fsp3) is 0.862. The van der Waals surface area contributed by atoms with E-state index in [1.807, 2.05) is 0 Å². The number of hydrogen-bond donors (Lipinski definition) is 0. The smallest absolute Gasteiger partial charge is 0.0351 e. The lowest BCUT2D eigenvalue weighted by atomic mass is 10.0. The van der Waals surface area contributed by atoms with Crippen molar-refractivity contribution in [1.29, 1.82) is 0 Å². The largest absolute Gasteiger partial charge is 0.0885 e. The van der Waals surface area contributed by atoms with E-state index in [9.17, 15) is 0 Å². The van der Waals surface area contributed by atoms with Crippen LogP contribution in [0.2, 0.25) is 0 Å². The average Bonchev–Trinajstić information content (AvgIpc) is 2.74. The van der Waals surface area contributed by atoms with Gasteiger partial charge in [0.05, 0.1) is 0 Å². The van der Waals surface area contributed by atoms with Crippen molar-refractivity contribution in [1.82, 2.24) is 0 Å². The van der Waals surface area contributed by atoms with E-state index in [0.29, 0.717) is 0 Å². The van der Waals surface area contributed by atoms with Crippen molar-refractivity contribution in [2.24, 2.45) is 0 Å². The molecule has 0 fully saturated rings. The fourth-order valence-corrected chi connectivity index (χ4v) is 4.12. The maximum Gasteiger partial charge on any atom is -0.0351 e. The zero-order valence-electron chi connectivity index (χ0n) is 20.2. The monoisotopic (exact) mass is 404 g/mol. The maximum absolute atomic E-state index is 3.91. The second kappa shape index (κ2) is 27.7. The van der Waals surface area contributed by atoms with Gasteiger partial charge in [0.25, 0.3) is 0 Å². The molecule has 172 valence electrons. The predicted octanol–water partition coefficient (Wildman–Crippen LogP) is 11.0. The molecule has 0 aliphatic heterocycles. The van der Waals surface area contributed by atoms with E-state index in [-0.39, 0.29) is 0 Å². The summed E-state index contributed by atoms with van der Waals surface area (Å²) in [6, 6.07) is 0. The van der Waals surface area contributed by atoms with Crippen LogP contribution in [0.15, 0.2) is 12.2 Å². The van der Waals surface area contributed by atoms with Crippen molar-refractivity contribution in [3.8, 4) is 0 Å². The van der Waals surface area contributed by atoms with E-state index in [1.54, 1.807) is 0 Å². The molecule has 0 saturated heterocycles. The molecule has 2 radical (unpaired) electrons. The topological polar surface area (TPSA) is 0 Å². The summed E-state index contributed by atoms with van der Waals surface area (Å²) in [5, 5.41) is 0. The quantitative estimate of drug-likeness (QED) is 0.105. The molecule has 0 heteroatoms. The summed E-state index contributed by atoms with van der Waals surface area (Å²) in [6.45, 7) is 7.82. The van der Waals surface area contributed by atoms with Gasteiger partial charge in [-0.1, -0.05) is 161 Å². The van der Waals surface area contributed by atoms with Crippen molar-refractivity contribution in [2.45, 2.75) is 161 Å². The Labute approximate surface area is 186 Å². The Morgan fingerprint density at radius 1 is 0.276 bits per heavy atom. The molecule has 0 saturated carbocycles. The summed E-state index contributed by atoms with van der Waals surface area (Å²) < 4.78 is 0. The van der Waals surface area contributed by atoms with Gasteiger partial charge in [-0.15, -0.1) is 0 Å². The molecule has 0 bridgehead atoms. The van der Waals surface area contributed by atoms with Gasteiger partial charge >= 0.3 is 0 Å². The SMILES string of the molecule is [CH2]CCCCCCCCCCCC/C=C/CCCCCCCCCCCCC[CH2]. The molecule has 0 nitrogen and oxygen atoms in total. The number of hydrogen-bond acceptors (Lipinski definition) is 0. The van der Waals surface area contributed by atoms with Crippen LogP contribution in [0.25, 0.3) is 0 Å². The molecule has 0 aromatic rings. The van der Waals surface area contributed by atoms with E-state index < -0.39 is 0 Å². The summed E-state index contributed by atoms with van der Waals surface area (Å²) >= 11 is 0. The third-order valence-corrected chi connectivity index (χ3v) is 6.16. The van der Waals surface area contributed by atoms with Crippen LogP contribution in [0.5, 0.6) is 0 Å². The molecular weight excluding hydrogens is 348 g/mol. The summed E-state index contributed by atoms with van der Waals surface area (Å²) in [5.74, 6) is 0. The summed E-state index contributed by atoms with van der Waals surface area (Å²) in [6.07, 6.45) is 39.7. The Bertz CT molecular complexity index is 290. The molecule has 0 aromatic carbocycles. The Kier molecular flexibility index (Phi) is 27.5. The highest BCUT2D eigenvalue weighted by Gasteiger charge is 1.94. The van der Waals surface area contributed by atoms with Gasteiger partial charge in [0.2, 0.25) is 0 Å². The van der Waals surface area contributed by atoms with Gasteiger partial charge in [0, 0.05) is 0 Å². The van der Waals surface area contributed by atoms with Gasteiger partial charge in [-0.25, -0.2) is 0 Å². The predicted molar refractivity (Wildman–Crippen MR) is 135 cm³/mol. The normalized spacial score (nSPS) is 11.7. The Hall–Kier alpha value is -0.260. The van der Waals surface area contributed by atoms with Crippen LogP contribution in [-0.2, 0) is 0 Å². The van der Waals surface area contributed by atoms with E-state index in [2.05, 4.69) is 26.0 Å². The van der Waals surface area contributed by atoms with Crippen LogP contribution >= 0.6 is 0 Å². The molecule has 0 aliphatic rings. The minimum absolute atomic E-state index is 1.12. The van der Waals surface area contributed by atoms with Crippen LogP contribution in [0.1, 0.15) is 161 Å². The second-order valence-corrected chi connectivity index (χ2v) is 9.18. The second-order valence-electron chi connectivity index (χ2n) is 9.18. The van der Waals surface area contributed by atoms with Gasteiger partial charge in [-0.05, 0) is 25.7 Å². The van der Waals surface area contributed by atoms with Gasteiger partial charge in [0.15, 0.2) is 0 Å². The van der Waals surface area contributed by atoms with Gasteiger partial charge in [-0.3, -0.25) is 0 Å². The third-order valence-electron chi connectivity index (χ3n) is 6.16. The van der Waals surface area contributed by atoms with Crippen LogP contribution < -0.4 is 0 Å². The van der Waals surface area contributed by atoms with Crippen molar-refractivity contribution >= 4 is 0 Å². The van der Waals surface area contributed by atoms with E-state index in [0.717, 1.165) is 12.8 Å². The molecule has 0 amide bonds. The molecule has 0 heterocycles. The molecule has 0 aromatic heterocycles. The van der Waals surface area contributed by atoms with Crippen molar-refractivity contribution in [2.75, 3.05) is 0 Å². The lowest BCUT2D eigenvalue weighted by molar-refractivity contribution is 0.547. The first-order chi connectivity index (χ1) is 14.4. The Balaban J connectivity index is 3.05. The molecule has 0 unspecified atom stereocenters. The lowest BCUT2D eigenvalue weighted by Gasteiger charge is -2.02. The maximum atomic E-state index is 3.91. The molecule has 0 N–H and O–H groups in total. The minimum Gasteiger partial charge on any atom is -0.0885 e. The standard InChI is InChI=1S/C29H56/c1-3-5-7-9-11-13-15-17-19-21-23-25-27-29-28-26-24-22-20-18-16-14-12-10-8-6-4-2/h27,29H,1-26,28H2/b29-27+. The Morgan fingerprint density at radius 2 is 0.483 bits per heavy atom. The van der Waals surface area contributed by atoms with E-state index in [4.69, 9.17) is 0 Å². The summed E-state index contributed by atoms with van der Waals surface area (Å²) in [7, 11) is 0. The zero-order chi connectivity index (χ0) is 21.1. The molecule has 29 heavy (non-hydrogen) atoms. The molecule has 0 atom stereocenters. The highest BCUT2D eigenvalue weighted by molar-refractivity contribution is 4.81.